The van der Waals surface area contributed by atoms with Gasteiger partial charge in [0.05, 0.1) is 34.2 Å². The molecule has 11 rings (SSSR count). The lowest BCUT2D eigenvalue weighted by atomic mass is 9.87. The molecule has 2 atom stereocenters. The van der Waals surface area contributed by atoms with Crippen molar-refractivity contribution in [3.8, 4) is 41.8 Å². The van der Waals surface area contributed by atoms with Gasteiger partial charge in [-0.3, -0.25) is 0 Å². The fraction of sp³-hybridized carbons (Fsp3) is 0.324. The summed E-state index contributed by atoms with van der Waals surface area (Å²) < 4.78 is 21.3. The Morgan fingerprint density at radius 2 is 0.702 bits per heavy atom. The van der Waals surface area contributed by atoms with Crippen LogP contribution in [0.4, 0.5) is 45.5 Å². The van der Waals surface area contributed by atoms with Crippen molar-refractivity contribution in [1.29, 1.82) is 0 Å². The van der Waals surface area contributed by atoms with Gasteiger partial charge in [0.2, 0.25) is 0 Å². The molecule has 0 saturated carbocycles. The lowest BCUT2D eigenvalue weighted by Gasteiger charge is -2.25. The highest BCUT2D eigenvalue weighted by molar-refractivity contribution is 7.58. The summed E-state index contributed by atoms with van der Waals surface area (Å²) in [6.07, 6.45) is 22.1. The smallest absolute Gasteiger partial charge is 0.116 e. The molecule has 0 N–H and O–H groups in total. The molecule has 0 bridgehead atoms. The van der Waals surface area contributed by atoms with Gasteiger partial charge >= 0.3 is 0 Å². The zero-order valence-corrected chi connectivity index (χ0v) is 52.8. The summed E-state index contributed by atoms with van der Waals surface area (Å²) in [4.78, 5) is 9.74. The number of hydrogen-bond acceptors (Lipinski definition) is 9. The van der Waals surface area contributed by atoms with Crippen molar-refractivity contribution in [2.24, 2.45) is 20.6 Å². The van der Waals surface area contributed by atoms with Gasteiger partial charge in [-0.15, -0.1) is 22.7 Å². The van der Waals surface area contributed by atoms with E-state index >= 15 is 0 Å². The summed E-state index contributed by atoms with van der Waals surface area (Å²) in [6.45, 7) is 9.31. The number of unbranched alkanes of at least 4 members (excludes halogenated alkanes) is 8. The molecule has 10 heteroatoms. The van der Waals surface area contributed by atoms with E-state index in [-0.39, 0.29) is 0 Å². The van der Waals surface area contributed by atoms with Crippen LogP contribution < -0.4 is 9.80 Å². The number of fused-ring (bicyclic) bond motifs is 2. The van der Waals surface area contributed by atoms with Crippen LogP contribution in [0.5, 0.6) is 0 Å². The molecule has 0 radical (unpaired) electrons. The second-order valence-electron chi connectivity index (χ2n) is 22.8. The van der Waals surface area contributed by atoms with Crippen LogP contribution in [0.1, 0.15) is 142 Å². The molecule has 1 aliphatic rings. The molecule has 3 aromatic heterocycles. The maximum atomic E-state index is 5.32. The van der Waals surface area contributed by atoms with E-state index in [1.54, 1.807) is 0 Å². The highest BCUT2D eigenvalue weighted by Gasteiger charge is 2.32. The highest BCUT2D eigenvalue weighted by Crippen LogP contribution is 2.57. The molecule has 0 fully saturated rings. The summed E-state index contributed by atoms with van der Waals surface area (Å²) >= 11 is 6.46. The van der Waals surface area contributed by atoms with Crippen molar-refractivity contribution in [3.63, 3.8) is 0 Å². The summed E-state index contributed by atoms with van der Waals surface area (Å²) in [5.41, 5.74) is 18.0. The average Bonchev–Trinajstić information content (AvgIpc) is 1.94. The van der Waals surface area contributed by atoms with E-state index in [0.29, 0.717) is 11.8 Å². The molecule has 2 unspecified atom stereocenters. The number of aromatic nitrogens is 2. The SMILES string of the molecule is CCCCCCC(CCCC)Cc1cc(-c2ccc(N(c3ccccc3)c3ccccc3)cc2)sc1-c1c2c(c(-c3sc(-c4ccc(N(c5ccccc5)c5ccccc5)cc4)cc3CC(CCCC)CCCCCC)c3nsnc13)N=S=N2. The first-order chi connectivity index (χ1) is 41.5. The Hall–Kier alpha value is -6.82. The Labute approximate surface area is 515 Å². The van der Waals surface area contributed by atoms with Crippen LogP contribution in [0.25, 0.3) is 52.8 Å². The first-order valence-electron chi connectivity index (χ1n) is 31.2. The number of nitrogens with zero attached hydrogens (tertiary/aromatic N) is 6. The van der Waals surface area contributed by atoms with Crippen molar-refractivity contribution in [1.82, 2.24) is 8.75 Å². The molecule has 0 aliphatic carbocycles. The predicted octanol–water partition coefficient (Wildman–Crippen LogP) is 24.8. The normalized spacial score (nSPS) is 12.6. The maximum Gasteiger partial charge on any atom is 0.116 e. The molecule has 10 aromatic rings. The third-order valence-corrected chi connectivity index (χ3v) is 20.3. The Morgan fingerprint density at radius 3 is 1.05 bits per heavy atom. The van der Waals surface area contributed by atoms with E-state index in [9.17, 15) is 0 Å². The lowest BCUT2D eigenvalue weighted by molar-refractivity contribution is 0.411. The third-order valence-electron chi connectivity index (χ3n) is 16.8. The monoisotopic (exact) mass is 1180 g/mol. The van der Waals surface area contributed by atoms with Crippen LogP contribution in [0.15, 0.2) is 191 Å². The minimum Gasteiger partial charge on any atom is -0.311 e. The molecule has 1 aliphatic heterocycles. The fourth-order valence-corrected chi connectivity index (χ4v) is 15.9. The van der Waals surface area contributed by atoms with Crippen LogP contribution in [0.3, 0.4) is 0 Å². The van der Waals surface area contributed by atoms with Gasteiger partial charge in [-0.2, -0.15) is 17.5 Å². The van der Waals surface area contributed by atoms with Crippen molar-refractivity contribution in [2.75, 3.05) is 9.80 Å². The molecule has 4 heterocycles. The quantitative estimate of drug-likeness (QED) is 0.0421. The van der Waals surface area contributed by atoms with Crippen molar-refractivity contribution < 1.29 is 0 Å². The largest absolute Gasteiger partial charge is 0.311 e. The van der Waals surface area contributed by atoms with Gasteiger partial charge < -0.3 is 9.80 Å². The predicted molar refractivity (Wildman–Crippen MR) is 367 cm³/mol. The second kappa shape index (κ2) is 29.3. The molecule has 7 aromatic carbocycles. The number of hydrogen-bond donors (Lipinski definition) is 0. The first kappa shape index (κ1) is 58.9. The second-order valence-corrected chi connectivity index (χ2v) is 26.0. The Balaban J connectivity index is 1.03. The summed E-state index contributed by atoms with van der Waals surface area (Å²) in [5.74, 6) is 1.18. The van der Waals surface area contributed by atoms with E-state index in [2.05, 4.69) is 219 Å². The zero-order valence-electron chi connectivity index (χ0n) is 49.5. The topological polar surface area (TPSA) is 57.0 Å². The number of benzene rings is 7. The van der Waals surface area contributed by atoms with Crippen LogP contribution >= 0.6 is 34.4 Å². The van der Waals surface area contributed by atoms with Gasteiger partial charge in [-0.1, -0.05) is 227 Å². The summed E-state index contributed by atoms with van der Waals surface area (Å²) in [7, 11) is 0. The van der Waals surface area contributed by atoms with Gasteiger partial charge in [0.1, 0.15) is 22.4 Å². The third kappa shape index (κ3) is 13.8. The Kier molecular flexibility index (Phi) is 20.6. The van der Waals surface area contributed by atoms with Crippen molar-refractivity contribution in [3.05, 3.63) is 193 Å². The molecular weight excluding hydrogens is 1100 g/mol. The molecule has 0 saturated heterocycles. The molecule has 84 heavy (non-hydrogen) atoms. The van der Waals surface area contributed by atoms with Crippen LogP contribution in [0.2, 0.25) is 0 Å². The maximum absolute atomic E-state index is 5.32. The Bertz CT molecular complexity index is 3410. The zero-order chi connectivity index (χ0) is 57.5. The molecule has 6 nitrogen and oxygen atoms in total. The van der Waals surface area contributed by atoms with Crippen LogP contribution in [-0.2, 0) is 24.2 Å². The van der Waals surface area contributed by atoms with Crippen LogP contribution in [0, 0.1) is 11.8 Å². The number of para-hydroxylation sites is 4. The van der Waals surface area contributed by atoms with Gasteiger partial charge in [0.25, 0.3) is 0 Å². The molecule has 430 valence electrons. The Morgan fingerprint density at radius 1 is 0.369 bits per heavy atom. The van der Waals surface area contributed by atoms with Gasteiger partial charge in [-0.05, 0) is 132 Å². The van der Waals surface area contributed by atoms with E-state index in [4.69, 9.17) is 17.5 Å². The minimum absolute atomic E-state index is 0.589. The van der Waals surface area contributed by atoms with Crippen molar-refractivity contribution >= 4 is 102 Å². The molecule has 0 amide bonds. The van der Waals surface area contributed by atoms with E-state index < -0.39 is 0 Å². The average molecular weight is 1180 g/mol. The lowest BCUT2D eigenvalue weighted by Crippen LogP contribution is -2.09. The van der Waals surface area contributed by atoms with Gasteiger partial charge in [-0.25, -0.2) is 0 Å². The molecule has 0 spiro atoms. The van der Waals surface area contributed by atoms with Gasteiger partial charge in [0, 0.05) is 53.6 Å². The van der Waals surface area contributed by atoms with Crippen LogP contribution in [-0.4, -0.2) is 8.75 Å². The van der Waals surface area contributed by atoms with E-state index in [1.165, 1.54) is 168 Å². The standard InChI is InChI=1S/C74H80N6S4/c1-5-9-13-19-31-53(29-11-7-3)49-57-51-65(55-41-45-63(46-42-55)79(59-33-21-15-22-34-59)60-35-23-16-24-36-60)81-73(57)67-69-71(77-83-75-69)68(72-70(67)76-84-78-72)74-58(50-54(30-12-8-4)32-20-14-10-6-2)52-66(82-74)56-43-47-64(48-44-56)80(61-37-25-17-26-38-61)62-39-27-18-28-40-62/h15-18,21-28,33-48,51-54H,5-14,19-20,29-32,49-50H2,1-4H3. The van der Waals surface area contributed by atoms with Gasteiger partial charge in [0.15, 0.2) is 0 Å². The number of thiophene rings is 2. The van der Waals surface area contributed by atoms with Crippen molar-refractivity contribution in [2.45, 2.75) is 143 Å². The minimum atomic E-state index is 0.589. The summed E-state index contributed by atoms with van der Waals surface area (Å²) in [6, 6.07) is 66.2. The highest BCUT2D eigenvalue weighted by atomic mass is 32.1. The number of rotatable bonds is 30. The summed E-state index contributed by atoms with van der Waals surface area (Å²) in [5, 5.41) is 0. The fourth-order valence-electron chi connectivity index (χ4n) is 12.3. The first-order valence-corrected chi connectivity index (χ1v) is 34.3. The molecular formula is C74H80N6S4. The number of anilines is 6. The van der Waals surface area contributed by atoms with E-state index in [1.807, 2.05) is 22.7 Å². The van der Waals surface area contributed by atoms with E-state index in [0.717, 1.165) is 80.5 Å².